The molecule has 2 aliphatic rings. The number of amides is 2. The highest BCUT2D eigenvalue weighted by molar-refractivity contribution is 7.17. The summed E-state index contributed by atoms with van der Waals surface area (Å²) in [5.74, 6) is 1.13. The Labute approximate surface area is 187 Å². The van der Waals surface area contributed by atoms with E-state index >= 15 is 0 Å². The number of carbonyl (C=O) groups excluding carboxylic acids is 2. The number of carbonyl (C=O) groups is 2. The van der Waals surface area contributed by atoms with Crippen molar-refractivity contribution in [2.75, 3.05) is 18.4 Å². The molecule has 4 nitrogen and oxygen atoms in total. The molecule has 1 fully saturated rings. The SMILES string of the molecule is C[C@H]1CCCN(C(=O)c2c(NC(=O)c3cccs3)sc3c2CC[C@H](C(C)(C)C)C3)C1. The number of thiophene rings is 2. The van der Waals surface area contributed by atoms with E-state index in [-0.39, 0.29) is 17.2 Å². The molecule has 6 heteroatoms. The van der Waals surface area contributed by atoms with Crippen molar-refractivity contribution < 1.29 is 9.59 Å². The standard InChI is InChI=1S/C24H32N2O2S2/c1-15-7-5-11-26(14-15)23(28)20-17-10-9-16(24(2,3)4)13-19(17)30-22(20)25-21(27)18-8-6-12-29-18/h6,8,12,15-16H,5,7,9-11,13-14H2,1-4H3,(H,25,27)/t15-,16-/m0/s1. The first-order chi connectivity index (χ1) is 14.2. The zero-order chi connectivity index (χ0) is 21.5. The smallest absolute Gasteiger partial charge is 0.266 e. The van der Waals surface area contributed by atoms with Gasteiger partial charge in [-0.3, -0.25) is 9.59 Å². The molecule has 30 heavy (non-hydrogen) atoms. The van der Waals surface area contributed by atoms with E-state index in [0.29, 0.717) is 16.7 Å². The van der Waals surface area contributed by atoms with Crippen molar-refractivity contribution in [3.63, 3.8) is 0 Å². The fourth-order valence-electron chi connectivity index (χ4n) is 4.74. The fraction of sp³-hybridized carbons (Fsp3) is 0.583. The average Bonchev–Trinajstić information content (AvgIpc) is 3.34. The van der Waals surface area contributed by atoms with E-state index in [1.54, 1.807) is 11.3 Å². The van der Waals surface area contributed by atoms with Crippen molar-refractivity contribution in [2.24, 2.45) is 17.3 Å². The van der Waals surface area contributed by atoms with Crippen molar-refractivity contribution >= 4 is 39.5 Å². The molecule has 2 aromatic rings. The fourth-order valence-corrected chi connectivity index (χ4v) is 6.68. The van der Waals surface area contributed by atoms with Crippen molar-refractivity contribution in [1.29, 1.82) is 0 Å². The van der Waals surface area contributed by atoms with E-state index < -0.39 is 0 Å². The first-order valence-electron chi connectivity index (χ1n) is 11.0. The molecule has 1 saturated heterocycles. The molecule has 0 radical (unpaired) electrons. The van der Waals surface area contributed by atoms with Crippen LogP contribution in [-0.2, 0) is 12.8 Å². The van der Waals surface area contributed by atoms with Crippen LogP contribution in [0, 0.1) is 17.3 Å². The average molecular weight is 445 g/mol. The number of hydrogen-bond acceptors (Lipinski definition) is 4. The van der Waals surface area contributed by atoms with Crippen molar-refractivity contribution in [3.8, 4) is 0 Å². The summed E-state index contributed by atoms with van der Waals surface area (Å²) < 4.78 is 0. The zero-order valence-electron chi connectivity index (χ0n) is 18.4. The number of nitrogens with one attached hydrogen (secondary N) is 1. The van der Waals surface area contributed by atoms with Gasteiger partial charge in [-0.2, -0.15) is 0 Å². The molecule has 1 aliphatic carbocycles. The van der Waals surface area contributed by atoms with Crippen LogP contribution in [-0.4, -0.2) is 29.8 Å². The normalized spacial score (nSPS) is 21.9. The van der Waals surface area contributed by atoms with Crippen LogP contribution >= 0.6 is 22.7 Å². The quantitative estimate of drug-likeness (QED) is 0.623. The van der Waals surface area contributed by atoms with Crippen LogP contribution < -0.4 is 5.32 Å². The van der Waals surface area contributed by atoms with Gasteiger partial charge in [-0.1, -0.05) is 33.8 Å². The van der Waals surface area contributed by atoms with Crippen molar-refractivity contribution in [2.45, 2.75) is 59.8 Å². The molecular formula is C24H32N2O2S2. The maximum atomic E-state index is 13.6. The molecular weight excluding hydrogens is 412 g/mol. The molecule has 0 spiro atoms. The number of anilines is 1. The van der Waals surface area contributed by atoms with Gasteiger partial charge in [0.2, 0.25) is 0 Å². The molecule has 2 amide bonds. The van der Waals surface area contributed by atoms with Gasteiger partial charge in [0.15, 0.2) is 0 Å². The van der Waals surface area contributed by atoms with Crippen LogP contribution in [0.1, 0.15) is 77.4 Å². The minimum Gasteiger partial charge on any atom is -0.338 e. The molecule has 0 bridgehead atoms. The Hall–Kier alpha value is -1.66. The largest absolute Gasteiger partial charge is 0.338 e. The summed E-state index contributed by atoms with van der Waals surface area (Å²) in [5.41, 5.74) is 2.20. The Morgan fingerprint density at radius 3 is 2.70 bits per heavy atom. The minimum absolute atomic E-state index is 0.106. The molecule has 2 aromatic heterocycles. The van der Waals surface area contributed by atoms with E-state index in [1.807, 2.05) is 22.4 Å². The predicted molar refractivity (Wildman–Crippen MR) is 126 cm³/mol. The van der Waals surface area contributed by atoms with Crippen LogP contribution in [0.5, 0.6) is 0 Å². The topological polar surface area (TPSA) is 49.4 Å². The second kappa shape index (κ2) is 8.46. The monoisotopic (exact) mass is 444 g/mol. The molecule has 3 heterocycles. The number of likely N-dealkylation sites (tertiary alicyclic amines) is 1. The Morgan fingerprint density at radius 1 is 1.23 bits per heavy atom. The summed E-state index contributed by atoms with van der Waals surface area (Å²) in [5, 5.41) is 5.75. The molecule has 4 rings (SSSR count). The zero-order valence-corrected chi connectivity index (χ0v) is 20.0. The highest BCUT2D eigenvalue weighted by atomic mass is 32.1. The van der Waals surface area contributed by atoms with Crippen molar-refractivity contribution in [3.05, 3.63) is 38.4 Å². The third-order valence-corrected chi connectivity index (χ3v) is 8.66. The number of rotatable bonds is 3. The number of hydrogen-bond donors (Lipinski definition) is 1. The number of fused-ring (bicyclic) bond motifs is 1. The van der Waals surface area contributed by atoms with E-state index in [4.69, 9.17) is 0 Å². The Morgan fingerprint density at radius 2 is 2.03 bits per heavy atom. The summed E-state index contributed by atoms with van der Waals surface area (Å²) in [4.78, 5) is 30.4. The molecule has 0 aromatic carbocycles. The molecule has 0 unspecified atom stereocenters. The molecule has 0 saturated carbocycles. The maximum absolute atomic E-state index is 13.6. The Bertz CT molecular complexity index is 924. The van der Waals surface area contributed by atoms with Crippen LogP contribution in [0.25, 0.3) is 0 Å². The van der Waals surface area contributed by atoms with Gasteiger partial charge < -0.3 is 10.2 Å². The van der Waals surface area contributed by atoms with Crippen molar-refractivity contribution in [1.82, 2.24) is 4.90 Å². The molecule has 1 aliphatic heterocycles. The first kappa shape index (κ1) is 21.6. The lowest BCUT2D eigenvalue weighted by molar-refractivity contribution is 0.0683. The Balaban J connectivity index is 1.68. The lowest BCUT2D eigenvalue weighted by atomic mass is 9.72. The minimum atomic E-state index is -0.114. The molecule has 1 N–H and O–H groups in total. The van der Waals surface area contributed by atoms with Gasteiger partial charge in [-0.15, -0.1) is 22.7 Å². The van der Waals surface area contributed by atoms with Gasteiger partial charge >= 0.3 is 0 Å². The van der Waals surface area contributed by atoms with Crippen LogP contribution in [0.3, 0.4) is 0 Å². The van der Waals surface area contributed by atoms with Gasteiger partial charge in [0.05, 0.1) is 10.4 Å². The van der Waals surface area contributed by atoms with E-state index in [2.05, 4.69) is 33.0 Å². The first-order valence-corrected chi connectivity index (χ1v) is 12.7. The van der Waals surface area contributed by atoms with Gasteiger partial charge in [-0.05, 0) is 66.4 Å². The lowest BCUT2D eigenvalue weighted by Gasteiger charge is -2.34. The Kier molecular flexibility index (Phi) is 6.08. The number of nitrogens with zero attached hydrogens (tertiary/aromatic N) is 1. The lowest BCUT2D eigenvalue weighted by Crippen LogP contribution is -2.39. The van der Waals surface area contributed by atoms with Gasteiger partial charge in [0, 0.05) is 18.0 Å². The van der Waals surface area contributed by atoms with Gasteiger partial charge in [0.25, 0.3) is 11.8 Å². The van der Waals surface area contributed by atoms with E-state index in [0.717, 1.165) is 49.3 Å². The maximum Gasteiger partial charge on any atom is 0.266 e. The summed E-state index contributed by atoms with van der Waals surface area (Å²) in [6.07, 6.45) is 5.26. The third kappa shape index (κ3) is 4.35. The predicted octanol–water partition coefficient (Wildman–Crippen LogP) is 6.09. The summed E-state index contributed by atoms with van der Waals surface area (Å²) in [6.45, 7) is 10.8. The second-order valence-corrected chi connectivity index (χ2v) is 12.0. The third-order valence-electron chi connectivity index (χ3n) is 6.62. The van der Waals surface area contributed by atoms with E-state index in [1.165, 1.54) is 28.2 Å². The van der Waals surface area contributed by atoms with Crippen LogP contribution in [0.4, 0.5) is 5.00 Å². The highest BCUT2D eigenvalue weighted by Crippen LogP contribution is 2.45. The number of piperidine rings is 1. The highest BCUT2D eigenvalue weighted by Gasteiger charge is 2.36. The molecule has 2 atom stereocenters. The van der Waals surface area contributed by atoms with Crippen LogP contribution in [0.2, 0.25) is 0 Å². The van der Waals surface area contributed by atoms with Crippen LogP contribution in [0.15, 0.2) is 17.5 Å². The summed E-state index contributed by atoms with van der Waals surface area (Å²) >= 11 is 3.05. The summed E-state index contributed by atoms with van der Waals surface area (Å²) in [7, 11) is 0. The van der Waals surface area contributed by atoms with Gasteiger partial charge in [0.1, 0.15) is 5.00 Å². The molecule has 162 valence electrons. The van der Waals surface area contributed by atoms with E-state index in [9.17, 15) is 9.59 Å². The second-order valence-electron chi connectivity index (χ2n) is 9.94. The summed E-state index contributed by atoms with van der Waals surface area (Å²) in [6, 6.07) is 3.71. The van der Waals surface area contributed by atoms with Gasteiger partial charge in [-0.25, -0.2) is 0 Å².